The van der Waals surface area contributed by atoms with Gasteiger partial charge in [-0.05, 0) is 17.7 Å². The number of carbonyl (C=O) groups is 1. The first kappa shape index (κ1) is 43.1. The fourth-order valence-corrected chi connectivity index (χ4v) is 14.5. The van der Waals surface area contributed by atoms with E-state index in [0.29, 0.717) is 12.0 Å². The molecule has 2 atom stereocenters. The van der Waals surface area contributed by atoms with Crippen LogP contribution in [0.2, 0.25) is 0 Å². The van der Waals surface area contributed by atoms with Gasteiger partial charge in [-0.3, -0.25) is 14.9 Å². The number of amides is 1. The number of nitrogens with one attached hydrogen (secondary N) is 1. The van der Waals surface area contributed by atoms with Crippen molar-refractivity contribution >= 4 is 44.7 Å². The Morgan fingerprint density at radius 2 is 1.04 bits per heavy atom. The molecule has 9 heteroatoms. The van der Waals surface area contributed by atoms with Crippen molar-refractivity contribution in [1.82, 2.24) is 5.32 Å². The summed E-state index contributed by atoms with van der Waals surface area (Å²) in [5.74, 6) is -3.62. The summed E-state index contributed by atoms with van der Waals surface area (Å²) in [4.78, 5) is 23.0. The molecule has 0 radical (unpaired) electrons. The van der Waals surface area contributed by atoms with E-state index in [0.717, 1.165) is 63.9 Å². The predicted molar refractivity (Wildman–Crippen MR) is 228 cm³/mol. The molecule has 0 fully saturated rings. The Morgan fingerprint density at radius 1 is 0.667 bits per heavy atom. The molecule has 0 unspecified atom stereocenters. The van der Waals surface area contributed by atoms with E-state index in [-0.39, 0.29) is 11.6 Å². The van der Waals surface area contributed by atoms with Gasteiger partial charge in [0.25, 0.3) is 5.69 Å². The van der Waals surface area contributed by atoms with Crippen LogP contribution in [-0.4, -0.2) is 39.9 Å². The molecular formula is C45H60ClN2O5P. The molecule has 0 saturated carbocycles. The van der Waals surface area contributed by atoms with Crippen LogP contribution in [0.4, 0.5) is 5.69 Å². The van der Waals surface area contributed by atoms with E-state index in [9.17, 15) is 25.1 Å². The summed E-state index contributed by atoms with van der Waals surface area (Å²) in [6.45, 7) is 12.6. The number of nitro benzene ring substituents is 1. The molecule has 0 bridgehead atoms. The molecule has 1 amide bonds. The van der Waals surface area contributed by atoms with Gasteiger partial charge in [-0.1, -0.05) is 0 Å². The molecule has 3 N–H and O–H groups in total. The fraction of sp³-hybridized carbons (Fsp3) is 0.444. The summed E-state index contributed by atoms with van der Waals surface area (Å²) in [7, 11) is 0. The Labute approximate surface area is 327 Å². The van der Waals surface area contributed by atoms with Gasteiger partial charge in [-0.2, -0.15) is 0 Å². The average molecular weight is 775 g/mol. The summed E-state index contributed by atoms with van der Waals surface area (Å²) >= 11 is 8.59. The van der Waals surface area contributed by atoms with E-state index >= 15 is 0 Å². The first-order valence-electron chi connectivity index (χ1n) is 19.5. The zero-order valence-electron chi connectivity index (χ0n) is 33.0. The number of rotatable bonds is 20. The fourth-order valence-electron chi connectivity index (χ4n) is 7.95. The Balaban J connectivity index is 1.30. The van der Waals surface area contributed by atoms with Gasteiger partial charge in [0.1, 0.15) is 6.10 Å². The van der Waals surface area contributed by atoms with Crippen LogP contribution in [0.25, 0.3) is 0 Å². The minimum absolute atomic E-state index is 0.0888. The first-order valence-corrected chi connectivity index (χ1v) is 22.8. The van der Waals surface area contributed by atoms with Crippen molar-refractivity contribution in [3.63, 3.8) is 0 Å². The number of nitrogens with zero attached hydrogens (tertiary/aromatic N) is 1. The molecule has 292 valence electrons. The van der Waals surface area contributed by atoms with Gasteiger partial charge in [0.15, 0.2) is 0 Å². The maximum absolute atomic E-state index is 12.6. The van der Waals surface area contributed by atoms with Crippen LogP contribution in [0.1, 0.15) is 109 Å². The molecule has 0 saturated heterocycles. The molecule has 7 nitrogen and oxygen atoms in total. The van der Waals surface area contributed by atoms with Gasteiger partial charge in [0.05, 0.1) is 17.6 Å². The number of nitro groups is 1. The molecule has 0 aromatic heterocycles. The number of halogens is 1. The second-order valence-corrected chi connectivity index (χ2v) is 22.1. The van der Waals surface area contributed by atoms with Crippen molar-refractivity contribution in [2.45, 2.75) is 118 Å². The Kier molecular flexibility index (Phi) is 15.4. The number of unbranched alkanes of at least 4 members (excludes halogenated alkanes) is 8. The summed E-state index contributed by atoms with van der Waals surface area (Å²) in [5.41, 5.74) is 7.73. The van der Waals surface area contributed by atoms with Gasteiger partial charge in [-0.15, -0.1) is 0 Å². The summed E-state index contributed by atoms with van der Waals surface area (Å²) in [6.07, 6.45) is 9.50. The molecule has 0 aliphatic heterocycles. The van der Waals surface area contributed by atoms with Crippen molar-refractivity contribution in [2.24, 2.45) is 0 Å². The van der Waals surface area contributed by atoms with Crippen molar-refractivity contribution in [3.8, 4) is 0 Å². The number of non-ortho nitro benzene ring substituents is 1. The van der Waals surface area contributed by atoms with Crippen molar-refractivity contribution < 1.29 is 19.9 Å². The third-order valence-electron chi connectivity index (χ3n) is 10.6. The molecule has 0 spiro atoms. The monoisotopic (exact) mass is 774 g/mol. The molecule has 0 aliphatic carbocycles. The Bertz CT molecular complexity index is 1710. The van der Waals surface area contributed by atoms with Crippen LogP contribution in [-0.2, 0) is 4.79 Å². The van der Waals surface area contributed by atoms with Gasteiger partial charge < -0.3 is 15.5 Å². The summed E-state index contributed by atoms with van der Waals surface area (Å²) in [6, 6.07) is 25.3. The molecular weight excluding hydrogens is 715 g/mol. The number of hydrogen-bond acceptors (Lipinski definition) is 5. The van der Waals surface area contributed by atoms with Gasteiger partial charge in [0.2, 0.25) is 0 Å². The van der Waals surface area contributed by atoms with Crippen LogP contribution < -0.4 is 21.2 Å². The maximum atomic E-state index is 12.6. The normalized spacial score (nSPS) is 13.5. The molecule has 4 rings (SSSR count). The second kappa shape index (κ2) is 19.3. The van der Waals surface area contributed by atoms with Crippen molar-refractivity contribution in [1.29, 1.82) is 0 Å². The van der Waals surface area contributed by atoms with E-state index < -0.39 is 29.6 Å². The topological polar surface area (TPSA) is 113 Å². The minimum atomic E-state index is -3.39. The molecule has 4 aromatic carbocycles. The zero-order valence-corrected chi connectivity index (χ0v) is 34.7. The van der Waals surface area contributed by atoms with Gasteiger partial charge >= 0.3 is 239 Å². The van der Waals surface area contributed by atoms with Gasteiger partial charge in [-0.25, -0.2) is 0 Å². The number of carbonyl (C=O) groups excluding carboxylic acids is 1. The zero-order chi connectivity index (χ0) is 39.5. The SMILES string of the molecule is Cc1cc(C)cc(P(Cl)(CCCCCCCCCCCC(=O)N[C@H](CO)[C@H](O)c2ccc([N+](=O)[O-])cc2)(c2cc(C)cc(C)c2)c2cc(C)cc(C)c2)c1. The van der Waals surface area contributed by atoms with E-state index in [1.165, 1.54) is 73.6 Å². The van der Waals surface area contributed by atoms with E-state index in [4.69, 9.17) is 11.2 Å². The summed E-state index contributed by atoms with van der Waals surface area (Å²) < 4.78 is 0. The molecule has 0 heterocycles. The standard InChI is InChI=1S/C45H60ClN2O5P/c1-32-22-33(2)26-40(25-32)54(46,41-27-34(3)23-35(4)28-41,42-29-36(5)24-37(6)30-42)21-15-13-11-9-7-8-10-12-14-16-44(50)47-43(31-49)45(51)38-17-19-39(20-18-38)48(52)53/h17-20,22-30,43,45,49,51H,7-16,21,31H2,1-6H3,(H,47,50)/t43-,45-/m1/s1. The first-order chi connectivity index (χ1) is 25.6. The number of aliphatic hydroxyl groups excluding tert-OH is 2. The van der Waals surface area contributed by atoms with Gasteiger partial charge in [0, 0.05) is 12.1 Å². The predicted octanol–water partition coefficient (Wildman–Crippen LogP) is 9.54. The Hall–Kier alpha value is -3.61. The second-order valence-electron chi connectivity index (χ2n) is 15.5. The van der Waals surface area contributed by atoms with Crippen LogP contribution >= 0.6 is 17.2 Å². The van der Waals surface area contributed by atoms with Crippen LogP contribution in [0.3, 0.4) is 0 Å². The van der Waals surface area contributed by atoms with Crippen LogP contribution in [0.15, 0.2) is 78.9 Å². The van der Waals surface area contributed by atoms with Crippen LogP contribution in [0.5, 0.6) is 0 Å². The number of aryl methyl sites for hydroxylation is 6. The molecule has 54 heavy (non-hydrogen) atoms. The summed E-state index contributed by atoms with van der Waals surface area (Å²) in [5, 5.41) is 37.8. The van der Waals surface area contributed by atoms with E-state index in [2.05, 4.69) is 101 Å². The third kappa shape index (κ3) is 10.8. The third-order valence-corrected chi connectivity index (χ3v) is 18.0. The molecule has 4 aromatic rings. The van der Waals surface area contributed by atoms with Crippen molar-refractivity contribution in [3.05, 3.63) is 128 Å². The quantitative estimate of drug-likeness (QED) is 0.0359. The van der Waals surface area contributed by atoms with Crippen LogP contribution in [0, 0.1) is 51.7 Å². The number of hydrogen-bond donors (Lipinski definition) is 3. The van der Waals surface area contributed by atoms with E-state index in [1.54, 1.807) is 0 Å². The van der Waals surface area contributed by atoms with Crippen molar-refractivity contribution in [2.75, 3.05) is 12.8 Å². The average Bonchev–Trinajstić information content (AvgIpc) is 3.11. The molecule has 0 aliphatic rings. The number of aliphatic hydroxyl groups is 2. The van der Waals surface area contributed by atoms with E-state index in [1.807, 2.05) is 0 Å². The number of benzene rings is 4. The Morgan fingerprint density at radius 3 is 1.41 bits per heavy atom.